The predicted molar refractivity (Wildman–Crippen MR) is 99.0 cm³/mol. The number of aromatic nitrogens is 5. The average molecular weight is 366 g/mol. The lowest BCUT2D eigenvalue weighted by Crippen LogP contribution is -2.32. The maximum absolute atomic E-state index is 11.5. The van der Waals surface area contributed by atoms with Crippen molar-refractivity contribution in [3.8, 4) is 11.4 Å². The smallest absolute Gasteiger partial charge is 0.358 e. The van der Waals surface area contributed by atoms with Crippen LogP contribution in [0.4, 0.5) is 0 Å². The van der Waals surface area contributed by atoms with Crippen molar-refractivity contribution in [3.63, 3.8) is 0 Å². The minimum Gasteiger partial charge on any atom is -0.464 e. The van der Waals surface area contributed by atoms with Crippen LogP contribution in [0.15, 0.2) is 36.5 Å². The van der Waals surface area contributed by atoms with E-state index in [0.717, 1.165) is 55.3 Å². The van der Waals surface area contributed by atoms with Crippen molar-refractivity contribution < 1.29 is 9.53 Å². The fourth-order valence-electron chi connectivity index (χ4n) is 3.49. The van der Waals surface area contributed by atoms with E-state index in [9.17, 15) is 4.79 Å². The number of H-pyrrole nitrogens is 2. The molecule has 0 amide bonds. The Morgan fingerprint density at radius 3 is 2.78 bits per heavy atom. The second-order valence-electron chi connectivity index (χ2n) is 6.74. The fraction of sp³-hybridized carbons (Fsp3) is 0.368. The van der Waals surface area contributed by atoms with E-state index in [-0.39, 0.29) is 0 Å². The van der Waals surface area contributed by atoms with Crippen LogP contribution >= 0.6 is 0 Å². The van der Waals surface area contributed by atoms with Crippen LogP contribution in [-0.4, -0.2) is 56.4 Å². The molecule has 4 heterocycles. The number of carbonyl (C=O) groups is 1. The van der Waals surface area contributed by atoms with Gasteiger partial charge >= 0.3 is 5.97 Å². The van der Waals surface area contributed by atoms with E-state index in [0.29, 0.717) is 11.6 Å². The highest BCUT2D eigenvalue weighted by atomic mass is 16.5. The molecule has 1 aliphatic heterocycles. The summed E-state index contributed by atoms with van der Waals surface area (Å²) in [6.45, 7) is 2.80. The molecule has 0 spiro atoms. The molecule has 4 rings (SSSR count). The van der Waals surface area contributed by atoms with Gasteiger partial charge in [-0.3, -0.25) is 20.1 Å². The molecule has 0 radical (unpaired) electrons. The standard InChI is InChI=1S/C19H22N6O2/c1-27-19(26)18-11-16(22-24-18)13-5-8-25(9-6-13)12-14-10-17(23-21-14)15-4-2-3-7-20-15/h2-4,7,10-11,13H,5-6,8-9,12H2,1H3,(H,21,23)(H,22,24). The summed E-state index contributed by atoms with van der Waals surface area (Å²) in [7, 11) is 1.36. The van der Waals surface area contributed by atoms with Gasteiger partial charge in [-0.1, -0.05) is 6.07 Å². The summed E-state index contributed by atoms with van der Waals surface area (Å²) in [4.78, 5) is 18.3. The first kappa shape index (κ1) is 17.4. The summed E-state index contributed by atoms with van der Waals surface area (Å²) in [5.74, 6) is -0.0177. The zero-order chi connectivity index (χ0) is 18.6. The molecule has 2 N–H and O–H groups in total. The number of piperidine rings is 1. The second-order valence-corrected chi connectivity index (χ2v) is 6.74. The molecule has 0 bridgehead atoms. The van der Waals surface area contributed by atoms with Crippen LogP contribution in [0.5, 0.6) is 0 Å². The number of methoxy groups -OCH3 is 1. The summed E-state index contributed by atoms with van der Waals surface area (Å²) in [6.07, 6.45) is 3.81. The molecule has 1 fully saturated rings. The van der Waals surface area contributed by atoms with Crippen LogP contribution in [-0.2, 0) is 11.3 Å². The number of ether oxygens (including phenoxy) is 1. The number of rotatable bonds is 5. The van der Waals surface area contributed by atoms with Crippen molar-refractivity contribution in [2.75, 3.05) is 20.2 Å². The molecule has 8 nitrogen and oxygen atoms in total. The van der Waals surface area contributed by atoms with Gasteiger partial charge in [0.2, 0.25) is 0 Å². The molecule has 3 aromatic heterocycles. The van der Waals surface area contributed by atoms with Crippen LogP contribution in [0.2, 0.25) is 0 Å². The Labute approximate surface area is 157 Å². The van der Waals surface area contributed by atoms with Crippen LogP contribution in [0, 0.1) is 0 Å². The van der Waals surface area contributed by atoms with E-state index in [2.05, 4.69) is 36.3 Å². The van der Waals surface area contributed by atoms with Gasteiger partial charge in [0.25, 0.3) is 0 Å². The quantitative estimate of drug-likeness (QED) is 0.673. The molecule has 3 aromatic rings. The van der Waals surface area contributed by atoms with Crippen LogP contribution in [0.25, 0.3) is 11.4 Å². The van der Waals surface area contributed by atoms with Crippen molar-refractivity contribution in [1.82, 2.24) is 30.3 Å². The molecule has 0 aliphatic carbocycles. The largest absolute Gasteiger partial charge is 0.464 e. The van der Waals surface area contributed by atoms with Gasteiger partial charge in [0.1, 0.15) is 5.69 Å². The highest BCUT2D eigenvalue weighted by Gasteiger charge is 2.24. The Bertz CT molecular complexity index is 896. The summed E-state index contributed by atoms with van der Waals surface area (Å²) < 4.78 is 4.71. The summed E-state index contributed by atoms with van der Waals surface area (Å²) >= 11 is 0. The Kier molecular flexibility index (Phi) is 4.97. The lowest BCUT2D eigenvalue weighted by Gasteiger charge is -2.30. The maximum Gasteiger partial charge on any atom is 0.358 e. The topological polar surface area (TPSA) is 99.8 Å². The number of hydrogen-bond donors (Lipinski definition) is 2. The van der Waals surface area contributed by atoms with Crippen molar-refractivity contribution >= 4 is 5.97 Å². The highest BCUT2D eigenvalue weighted by Crippen LogP contribution is 2.28. The van der Waals surface area contributed by atoms with Gasteiger partial charge in [-0.2, -0.15) is 10.2 Å². The second kappa shape index (κ2) is 7.71. The normalized spacial score (nSPS) is 15.7. The van der Waals surface area contributed by atoms with Crippen LogP contribution < -0.4 is 0 Å². The van der Waals surface area contributed by atoms with E-state index in [4.69, 9.17) is 4.74 Å². The first-order valence-electron chi connectivity index (χ1n) is 9.04. The SMILES string of the molecule is COC(=O)c1cc(C2CCN(Cc3cc(-c4ccccn4)n[nH]3)CC2)[nH]n1. The van der Waals surface area contributed by atoms with Crippen molar-refractivity contribution in [1.29, 1.82) is 0 Å². The molecule has 1 aliphatic rings. The van der Waals surface area contributed by atoms with Gasteiger partial charge < -0.3 is 4.74 Å². The number of carbonyl (C=O) groups excluding carboxylic acids is 1. The number of hydrogen-bond acceptors (Lipinski definition) is 6. The van der Waals surface area contributed by atoms with Gasteiger partial charge in [0, 0.05) is 30.0 Å². The number of pyridine rings is 1. The maximum atomic E-state index is 11.5. The fourth-order valence-corrected chi connectivity index (χ4v) is 3.49. The molecular weight excluding hydrogens is 344 g/mol. The summed E-state index contributed by atoms with van der Waals surface area (Å²) in [5, 5.41) is 14.5. The number of likely N-dealkylation sites (tertiary alicyclic amines) is 1. The number of nitrogens with zero attached hydrogens (tertiary/aromatic N) is 4. The Balaban J connectivity index is 1.33. The molecule has 0 saturated carbocycles. The molecule has 27 heavy (non-hydrogen) atoms. The molecule has 1 saturated heterocycles. The van der Waals surface area contributed by atoms with Gasteiger partial charge in [0.05, 0.1) is 12.8 Å². The molecule has 0 unspecified atom stereocenters. The molecule has 0 atom stereocenters. The summed E-state index contributed by atoms with van der Waals surface area (Å²) in [5.41, 5.74) is 4.18. The minimum atomic E-state index is -0.405. The van der Waals surface area contributed by atoms with E-state index in [1.165, 1.54) is 7.11 Å². The molecule has 140 valence electrons. The number of aromatic amines is 2. The zero-order valence-electron chi connectivity index (χ0n) is 15.2. The predicted octanol–water partition coefficient (Wildman–Crippen LogP) is 2.36. The van der Waals surface area contributed by atoms with Crippen LogP contribution in [0.3, 0.4) is 0 Å². The Morgan fingerprint density at radius 1 is 1.19 bits per heavy atom. The lowest BCUT2D eigenvalue weighted by atomic mass is 9.93. The molecular formula is C19H22N6O2. The van der Waals surface area contributed by atoms with Crippen molar-refractivity contribution in [2.24, 2.45) is 0 Å². The van der Waals surface area contributed by atoms with E-state index in [1.54, 1.807) is 12.3 Å². The summed E-state index contributed by atoms with van der Waals surface area (Å²) in [6, 6.07) is 9.68. The third-order valence-corrected chi connectivity index (χ3v) is 4.97. The van der Waals surface area contributed by atoms with Crippen molar-refractivity contribution in [3.05, 3.63) is 53.6 Å². The van der Waals surface area contributed by atoms with E-state index < -0.39 is 5.97 Å². The highest BCUT2D eigenvalue weighted by molar-refractivity contribution is 5.87. The van der Waals surface area contributed by atoms with E-state index >= 15 is 0 Å². The first-order valence-corrected chi connectivity index (χ1v) is 9.04. The van der Waals surface area contributed by atoms with Gasteiger partial charge in [-0.25, -0.2) is 4.79 Å². The zero-order valence-corrected chi connectivity index (χ0v) is 15.2. The van der Waals surface area contributed by atoms with Crippen molar-refractivity contribution in [2.45, 2.75) is 25.3 Å². The molecule has 0 aromatic carbocycles. The number of nitrogens with one attached hydrogen (secondary N) is 2. The van der Waals surface area contributed by atoms with Gasteiger partial charge in [-0.05, 0) is 50.2 Å². The third-order valence-electron chi connectivity index (χ3n) is 4.97. The Morgan fingerprint density at radius 2 is 2.04 bits per heavy atom. The van der Waals surface area contributed by atoms with E-state index in [1.807, 2.05) is 18.2 Å². The lowest BCUT2D eigenvalue weighted by molar-refractivity contribution is 0.0594. The first-order chi connectivity index (χ1) is 13.2. The minimum absolute atomic E-state index is 0.342. The third kappa shape index (κ3) is 3.90. The monoisotopic (exact) mass is 366 g/mol. The molecule has 8 heteroatoms. The Hall–Kier alpha value is -3.00. The number of esters is 1. The van der Waals surface area contributed by atoms with Gasteiger partial charge in [0.15, 0.2) is 5.69 Å². The van der Waals surface area contributed by atoms with Gasteiger partial charge in [-0.15, -0.1) is 0 Å². The van der Waals surface area contributed by atoms with Crippen LogP contribution in [0.1, 0.15) is 40.6 Å². The average Bonchev–Trinajstić information content (AvgIpc) is 3.39.